The van der Waals surface area contributed by atoms with Crippen molar-refractivity contribution in [3.05, 3.63) is 35.7 Å². The lowest BCUT2D eigenvalue weighted by Crippen LogP contribution is -2.09. The van der Waals surface area contributed by atoms with E-state index >= 15 is 0 Å². The first-order valence-corrected chi connectivity index (χ1v) is 7.16. The van der Waals surface area contributed by atoms with Gasteiger partial charge in [0.15, 0.2) is 11.6 Å². The van der Waals surface area contributed by atoms with E-state index < -0.39 is 0 Å². The third-order valence-corrected chi connectivity index (χ3v) is 3.60. The van der Waals surface area contributed by atoms with Gasteiger partial charge in [-0.2, -0.15) is 5.10 Å². The molecule has 5 nitrogen and oxygen atoms in total. The van der Waals surface area contributed by atoms with Gasteiger partial charge in [0.1, 0.15) is 6.10 Å². The zero-order chi connectivity index (χ0) is 14.1. The SMILES string of the molecule is Cc1cnccc1-n1nc(C(C)C)nc1C1CCCO1. The lowest BCUT2D eigenvalue weighted by atomic mass is 10.2. The highest BCUT2D eigenvalue weighted by atomic mass is 16.5. The zero-order valence-electron chi connectivity index (χ0n) is 12.2. The molecule has 20 heavy (non-hydrogen) atoms. The quantitative estimate of drug-likeness (QED) is 0.862. The number of rotatable bonds is 3. The Morgan fingerprint density at radius 2 is 2.25 bits per heavy atom. The monoisotopic (exact) mass is 272 g/mol. The van der Waals surface area contributed by atoms with Gasteiger partial charge in [-0.05, 0) is 31.4 Å². The average Bonchev–Trinajstić information content (AvgIpc) is 3.08. The molecule has 1 saturated heterocycles. The summed E-state index contributed by atoms with van der Waals surface area (Å²) in [6.45, 7) is 7.07. The summed E-state index contributed by atoms with van der Waals surface area (Å²) in [5.41, 5.74) is 2.12. The maximum Gasteiger partial charge on any atom is 0.161 e. The summed E-state index contributed by atoms with van der Waals surface area (Å²) in [6, 6.07) is 1.98. The van der Waals surface area contributed by atoms with Crippen LogP contribution in [0.2, 0.25) is 0 Å². The molecular formula is C15H20N4O. The Balaban J connectivity index is 2.10. The molecule has 2 aromatic rings. The summed E-state index contributed by atoms with van der Waals surface area (Å²) in [5.74, 6) is 2.09. The van der Waals surface area contributed by atoms with Gasteiger partial charge in [0.25, 0.3) is 0 Å². The van der Waals surface area contributed by atoms with Gasteiger partial charge in [-0.15, -0.1) is 0 Å². The van der Waals surface area contributed by atoms with E-state index in [9.17, 15) is 0 Å². The van der Waals surface area contributed by atoms with E-state index in [0.717, 1.165) is 42.3 Å². The van der Waals surface area contributed by atoms with Gasteiger partial charge >= 0.3 is 0 Å². The highest BCUT2D eigenvalue weighted by Gasteiger charge is 2.26. The summed E-state index contributed by atoms with van der Waals surface area (Å²) in [7, 11) is 0. The molecule has 1 aliphatic rings. The van der Waals surface area contributed by atoms with Gasteiger partial charge < -0.3 is 4.74 Å². The Bertz CT molecular complexity index is 600. The topological polar surface area (TPSA) is 52.8 Å². The van der Waals surface area contributed by atoms with Gasteiger partial charge in [-0.3, -0.25) is 4.98 Å². The number of hydrogen-bond acceptors (Lipinski definition) is 4. The summed E-state index contributed by atoms with van der Waals surface area (Å²) >= 11 is 0. The molecule has 0 radical (unpaired) electrons. The van der Waals surface area contributed by atoms with E-state index in [-0.39, 0.29) is 6.10 Å². The minimum absolute atomic E-state index is 0.0579. The highest BCUT2D eigenvalue weighted by molar-refractivity contribution is 5.38. The first-order valence-electron chi connectivity index (χ1n) is 7.16. The van der Waals surface area contributed by atoms with E-state index in [0.29, 0.717) is 5.92 Å². The molecule has 0 spiro atoms. The number of aromatic nitrogens is 4. The second-order valence-corrected chi connectivity index (χ2v) is 5.56. The van der Waals surface area contributed by atoms with Crippen LogP contribution in [0.4, 0.5) is 0 Å². The molecule has 0 saturated carbocycles. The predicted octanol–water partition coefficient (Wildman–Crippen LogP) is 2.95. The van der Waals surface area contributed by atoms with Crippen LogP contribution in [0.1, 0.15) is 55.9 Å². The smallest absolute Gasteiger partial charge is 0.161 e. The zero-order valence-corrected chi connectivity index (χ0v) is 12.2. The summed E-state index contributed by atoms with van der Waals surface area (Å²) in [4.78, 5) is 8.86. The molecule has 0 amide bonds. The first kappa shape index (κ1) is 13.2. The van der Waals surface area contributed by atoms with Gasteiger partial charge in [-0.25, -0.2) is 9.67 Å². The standard InChI is InChI=1S/C15H20N4O/c1-10(2)14-17-15(13-5-4-8-20-13)19(18-14)12-6-7-16-9-11(12)3/h6-7,9-10,13H,4-5,8H2,1-3H3. The van der Waals surface area contributed by atoms with Crippen molar-refractivity contribution < 1.29 is 4.74 Å². The van der Waals surface area contributed by atoms with E-state index in [4.69, 9.17) is 9.72 Å². The van der Waals surface area contributed by atoms with Crippen molar-refractivity contribution in [1.29, 1.82) is 0 Å². The molecule has 0 N–H and O–H groups in total. The highest BCUT2D eigenvalue weighted by Crippen LogP contribution is 2.30. The average molecular weight is 272 g/mol. The fourth-order valence-corrected chi connectivity index (χ4v) is 2.46. The van der Waals surface area contributed by atoms with Crippen LogP contribution in [-0.4, -0.2) is 26.4 Å². The number of ether oxygens (including phenoxy) is 1. The van der Waals surface area contributed by atoms with E-state index in [1.807, 2.05) is 23.9 Å². The normalized spacial score (nSPS) is 18.9. The molecule has 3 heterocycles. The lowest BCUT2D eigenvalue weighted by molar-refractivity contribution is 0.103. The molecule has 0 bridgehead atoms. The molecule has 1 atom stereocenters. The van der Waals surface area contributed by atoms with E-state index in [1.54, 1.807) is 6.20 Å². The molecule has 1 aliphatic heterocycles. The van der Waals surface area contributed by atoms with Crippen LogP contribution in [0.5, 0.6) is 0 Å². The van der Waals surface area contributed by atoms with E-state index in [1.165, 1.54) is 0 Å². The predicted molar refractivity (Wildman–Crippen MR) is 75.9 cm³/mol. The molecule has 0 aliphatic carbocycles. The lowest BCUT2D eigenvalue weighted by Gasteiger charge is -2.12. The maximum atomic E-state index is 5.80. The van der Waals surface area contributed by atoms with Crippen LogP contribution in [0.15, 0.2) is 18.5 Å². The third-order valence-electron chi connectivity index (χ3n) is 3.60. The fourth-order valence-electron chi connectivity index (χ4n) is 2.46. The van der Waals surface area contributed by atoms with Crippen molar-refractivity contribution in [3.8, 4) is 5.69 Å². The van der Waals surface area contributed by atoms with Gasteiger partial charge in [0, 0.05) is 24.9 Å². The second-order valence-electron chi connectivity index (χ2n) is 5.56. The van der Waals surface area contributed by atoms with Crippen molar-refractivity contribution in [2.45, 2.75) is 45.6 Å². The Morgan fingerprint density at radius 3 is 2.90 bits per heavy atom. The Kier molecular flexibility index (Phi) is 3.53. The molecule has 1 fully saturated rings. The molecule has 106 valence electrons. The number of nitrogens with zero attached hydrogens (tertiary/aromatic N) is 4. The third kappa shape index (κ3) is 2.33. The first-order chi connectivity index (χ1) is 9.66. The van der Waals surface area contributed by atoms with Crippen molar-refractivity contribution in [3.63, 3.8) is 0 Å². The van der Waals surface area contributed by atoms with Crippen LogP contribution in [-0.2, 0) is 4.74 Å². The molecule has 1 unspecified atom stereocenters. The Morgan fingerprint density at radius 1 is 1.40 bits per heavy atom. The van der Waals surface area contributed by atoms with Gasteiger partial charge in [0.2, 0.25) is 0 Å². The van der Waals surface area contributed by atoms with Crippen LogP contribution in [0, 0.1) is 6.92 Å². The minimum atomic E-state index is 0.0579. The molecule has 3 rings (SSSR count). The van der Waals surface area contributed by atoms with Crippen LogP contribution in [0.25, 0.3) is 5.69 Å². The van der Waals surface area contributed by atoms with Crippen LogP contribution in [0.3, 0.4) is 0 Å². The second kappa shape index (κ2) is 5.32. The molecular weight excluding hydrogens is 252 g/mol. The van der Waals surface area contributed by atoms with Crippen LogP contribution >= 0.6 is 0 Å². The van der Waals surface area contributed by atoms with Gasteiger partial charge in [0.05, 0.1) is 5.69 Å². The largest absolute Gasteiger partial charge is 0.370 e. The minimum Gasteiger partial charge on any atom is -0.370 e. The molecule has 2 aromatic heterocycles. The Hall–Kier alpha value is -1.75. The summed E-state index contributed by atoms with van der Waals surface area (Å²) in [5, 5.41) is 4.68. The number of hydrogen-bond donors (Lipinski definition) is 0. The molecule has 5 heteroatoms. The van der Waals surface area contributed by atoms with Crippen molar-refractivity contribution in [2.75, 3.05) is 6.61 Å². The van der Waals surface area contributed by atoms with Crippen molar-refractivity contribution >= 4 is 0 Å². The van der Waals surface area contributed by atoms with Crippen molar-refractivity contribution in [1.82, 2.24) is 19.7 Å². The van der Waals surface area contributed by atoms with E-state index in [2.05, 4.69) is 23.9 Å². The van der Waals surface area contributed by atoms with Crippen LogP contribution < -0.4 is 0 Å². The Labute approximate surface area is 119 Å². The number of pyridine rings is 1. The maximum absolute atomic E-state index is 5.80. The fraction of sp³-hybridized carbons (Fsp3) is 0.533. The number of aryl methyl sites for hydroxylation is 1. The molecule has 0 aromatic carbocycles. The van der Waals surface area contributed by atoms with Gasteiger partial charge in [-0.1, -0.05) is 13.8 Å². The van der Waals surface area contributed by atoms with Crippen molar-refractivity contribution in [2.24, 2.45) is 0 Å². The summed E-state index contributed by atoms with van der Waals surface area (Å²) < 4.78 is 7.73. The summed E-state index contributed by atoms with van der Waals surface area (Å²) in [6.07, 6.45) is 5.80.